The molecular formula is C26H20FN5O3S2. The Kier molecular flexibility index (Phi) is 8.54. The molecule has 4 rings (SSSR count). The monoisotopic (exact) mass is 533 g/mol. The molecule has 0 aliphatic heterocycles. The minimum atomic E-state index is -0.314. The van der Waals surface area contributed by atoms with Gasteiger partial charge in [0.2, 0.25) is 5.88 Å². The lowest BCUT2D eigenvalue weighted by Crippen LogP contribution is -2.03. The summed E-state index contributed by atoms with van der Waals surface area (Å²) in [4.78, 5) is 9.00. The van der Waals surface area contributed by atoms with E-state index in [4.69, 9.17) is 14.6 Å². The molecule has 0 spiro atoms. The minimum absolute atomic E-state index is 0.107. The van der Waals surface area contributed by atoms with Gasteiger partial charge < -0.3 is 19.9 Å². The van der Waals surface area contributed by atoms with Crippen molar-refractivity contribution in [1.82, 2.24) is 9.97 Å². The van der Waals surface area contributed by atoms with Crippen LogP contribution in [0.3, 0.4) is 0 Å². The maximum atomic E-state index is 13.1. The van der Waals surface area contributed by atoms with Gasteiger partial charge >= 0.3 is 0 Å². The van der Waals surface area contributed by atoms with Gasteiger partial charge in [-0.2, -0.15) is 10.5 Å². The van der Waals surface area contributed by atoms with Gasteiger partial charge in [-0.05, 0) is 42.0 Å². The normalized spacial score (nSPS) is 10.4. The number of aromatic nitrogens is 2. The van der Waals surface area contributed by atoms with Gasteiger partial charge in [-0.15, -0.1) is 11.3 Å². The Balaban J connectivity index is 1.60. The van der Waals surface area contributed by atoms with Gasteiger partial charge in [0.05, 0.1) is 25.0 Å². The first-order valence-corrected chi connectivity index (χ1v) is 12.8. The number of aliphatic hydroxyl groups is 1. The molecular weight excluding hydrogens is 513 g/mol. The van der Waals surface area contributed by atoms with Crippen molar-refractivity contribution in [3.05, 3.63) is 76.5 Å². The summed E-state index contributed by atoms with van der Waals surface area (Å²) in [6, 6.07) is 17.2. The third-order valence-electron chi connectivity index (χ3n) is 5.05. The summed E-state index contributed by atoms with van der Waals surface area (Å²) in [6.45, 7) is 0.0533. The average Bonchev–Trinajstić information content (AvgIpc) is 3.38. The molecule has 0 amide bonds. The topological polar surface area (TPSA) is 124 Å². The predicted molar refractivity (Wildman–Crippen MR) is 140 cm³/mol. The molecule has 4 aromatic rings. The number of hydrogen-bond donors (Lipinski definition) is 2. The molecule has 0 bridgehead atoms. The van der Waals surface area contributed by atoms with Gasteiger partial charge in [-0.1, -0.05) is 23.9 Å². The molecule has 0 atom stereocenters. The second kappa shape index (κ2) is 12.2. The van der Waals surface area contributed by atoms with Gasteiger partial charge in [0.15, 0.2) is 5.13 Å². The quantitative estimate of drug-likeness (QED) is 0.254. The number of thiazole rings is 1. The van der Waals surface area contributed by atoms with Crippen LogP contribution in [0.15, 0.2) is 58.9 Å². The maximum absolute atomic E-state index is 13.1. The molecule has 186 valence electrons. The molecule has 37 heavy (non-hydrogen) atoms. The number of halogens is 1. The SMILES string of the molecule is COc1nc(SCc2csc(Nc3ccc(F)cc3)n2)c(C#N)c(-c2ccc(OCCO)cc2)c1C#N. The van der Waals surface area contributed by atoms with Crippen LogP contribution in [-0.4, -0.2) is 35.4 Å². The number of methoxy groups -OCH3 is 1. The van der Waals surface area contributed by atoms with Gasteiger partial charge in [-0.3, -0.25) is 0 Å². The number of rotatable bonds is 10. The lowest BCUT2D eigenvalue weighted by molar-refractivity contribution is 0.201. The van der Waals surface area contributed by atoms with Crippen molar-refractivity contribution in [1.29, 1.82) is 10.5 Å². The fourth-order valence-corrected chi connectivity index (χ4v) is 5.11. The van der Waals surface area contributed by atoms with E-state index in [1.54, 1.807) is 36.4 Å². The highest BCUT2D eigenvalue weighted by atomic mass is 32.2. The molecule has 0 saturated carbocycles. The van der Waals surface area contributed by atoms with E-state index in [-0.39, 0.29) is 36.0 Å². The Hall–Kier alpha value is -4.16. The molecule has 0 saturated heterocycles. The van der Waals surface area contributed by atoms with Crippen molar-refractivity contribution in [3.8, 4) is 34.9 Å². The number of benzene rings is 2. The van der Waals surface area contributed by atoms with Crippen LogP contribution in [0.25, 0.3) is 11.1 Å². The van der Waals surface area contributed by atoms with Crippen molar-refractivity contribution < 1.29 is 19.0 Å². The van der Waals surface area contributed by atoms with E-state index in [1.807, 2.05) is 5.38 Å². The number of nitriles is 2. The summed E-state index contributed by atoms with van der Waals surface area (Å²) in [6.07, 6.45) is 0. The lowest BCUT2D eigenvalue weighted by Gasteiger charge is -2.14. The first kappa shape index (κ1) is 25.9. The van der Waals surface area contributed by atoms with Crippen molar-refractivity contribution >= 4 is 33.9 Å². The number of nitrogens with zero attached hydrogens (tertiary/aromatic N) is 4. The zero-order valence-electron chi connectivity index (χ0n) is 19.6. The van der Waals surface area contributed by atoms with Gasteiger partial charge in [0.25, 0.3) is 0 Å². The number of thioether (sulfide) groups is 1. The molecule has 8 nitrogen and oxygen atoms in total. The lowest BCUT2D eigenvalue weighted by atomic mass is 9.97. The zero-order chi connectivity index (χ0) is 26.2. The zero-order valence-corrected chi connectivity index (χ0v) is 21.2. The number of nitrogens with one attached hydrogen (secondary N) is 1. The van der Waals surface area contributed by atoms with Gasteiger partial charge in [0, 0.05) is 22.4 Å². The van der Waals surface area contributed by atoms with E-state index in [0.29, 0.717) is 32.8 Å². The number of hydrogen-bond acceptors (Lipinski definition) is 10. The average molecular weight is 534 g/mol. The summed E-state index contributed by atoms with van der Waals surface area (Å²) in [5.74, 6) is 0.785. The Bertz CT molecular complexity index is 1460. The highest BCUT2D eigenvalue weighted by Gasteiger charge is 2.22. The van der Waals surface area contributed by atoms with Crippen molar-refractivity contribution in [2.75, 3.05) is 25.6 Å². The van der Waals surface area contributed by atoms with Crippen molar-refractivity contribution in [2.45, 2.75) is 10.8 Å². The van der Waals surface area contributed by atoms with Crippen molar-refractivity contribution in [3.63, 3.8) is 0 Å². The Morgan fingerprint density at radius 2 is 1.78 bits per heavy atom. The second-order valence-electron chi connectivity index (χ2n) is 7.44. The first-order chi connectivity index (χ1) is 18.1. The highest BCUT2D eigenvalue weighted by molar-refractivity contribution is 7.98. The molecule has 0 aliphatic carbocycles. The smallest absolute Gasteiger partial charge is 0.233 e. The predicted octanol–water partition coefficient (Wildman–Crippen LogP) is 5.50. The number of pyridine rings is 1. The van der Waals surface area contributed by atoms with Crippen LogP contribution >= 0.6 is 23.1 Å². The molecule has 2 aromatic heterocycles. The van der Waals surface area contributed by atoms with E-state index in [2.05, 4.69) is 27.4 Å². The van der Waals surface area contributed by atoms with Crippen LogP contribution in [0.1, 0.15) is 16.8 Å². The first-order valence-electron chi connectivity index (χ1n) is 10.9. The molecule has 11 heteroatoms. The molecule has 0 fully saturated rings. The molecule has 0 unspecified atom stereocenters. The summed E-state index contributed by atoms with van der Waals surface area (Å²) in [5.41, 5.74) is 2.95. The van der Waals surface area contributed by atoms with E-state index in [0.717, 1.165) is 11.4 Å². The standard InChI is InChI=1S/C26H20FN5O3S2/c1-34-24-21(12-28)23(16-2-8-20(9-3-16)35-11-10-33)22(13-29)25(32-24)36-14-19-15-37-26(31-19)30-18-6-4-17(27)5-7-18/h2-9,15,33H,10-11,14H2,1H3,(H,30,31). The molecule has 2 aromatic carbocycles. The molecule has 2 N–H and O–H groups in total. The Labute approximate surface area is 221 Å². The van der Waals surface area contributed by atoms with E-state index < -0.39 is 0 Å². The second-order valence-corrected chi connectivity index (χ2v) is 9.26. The summed E-state index contributed by atoms with van der Waals surface area (Å²) in [7, 11) is 1.42. The van der Waals surface area contributed by atoms with Gasteiger partial charge in [0.1, 0.15) is 40.9 Å². The van der Waals surface area contributed by atoms with Crippen LogP contribution in [0.5, 0.6) is 11.6 Å². The Morgan fingerprint density at radius 3 is 2.43 bits per heavy atom. The summed E-state index contributed by atoms with van der Waals surface area (Å²) < 4.78 is 23.9. The van der Waals surface area contributed by atoms with Crippen molar-refractivity contribution in [2.24, 2.45) is 0 Å². The summed E-state index contributed by atoms with van der Waals surface area (Å²) in [5, 5.41) is 34.9. The maximum Gasteiger partial charge on any atom is 0.233 e. The van der Waals surface area contributed by atoms with Crippen LogP contribution in [0, 0.1) is 28.5 Å². The molecule has 0 radical (unpaired) electrons. The van der Waals surface area contributed by atoms with E-state index >= 15 is 0 Å². The van der Waals surface area contributed by atoms with Crippen LogP contribution in [0.2, 0.25) is 0 Å². The largest absolute Gasteiger partial charge is 0.491 e. The third-order valence-corrected chi connectivity index (χ3v) is 6.87. The fraction of sp³-hybridized carbons (Fsp3) is 0.154. The summed E-state index contributed by atoms with van der Waals surface area (Å²) >= 11 is 2.71. The number of ether oxygens (including phenoxy) is 2. The Morgan fingerprint density at radius 1 is 1.05 bits per heavy atom. The minimum Gasteiger partial charge on any atom is -0.491 e. The molecule has 0 aliphatic rings. The number of anilines is 2. The van der Waals surface area contributed by atoms with E-state index in [9.17, 15) is 14.9 Å². The highest BCUT2D eigenvalue weighted by Crippen LogP contribution is 2.39. The van der Waals surface area contributed by atoms with Crippen LogP contribution in [0.4, 0.5) is 15.2 Å². The molecule has 2 heterocycles. The third kappa shape index (κ3) is 6.16. The van der Waals surface area contributed by atoms with E-state index in [1.165, 1.54) is 42.3 Å². The fourth-order valence-electron chi connectivity index (χ4n) is 3.40. The number of aliphatic hydroxyl groups excluding tert-OH is 1. The van der Waals surface area contributed by atoms with Gasteiger partial charge in [-0.25, -0.2) is 14.4 Å². The van der Waals surface area contributed by atoms with Crippen LogP contribution < -0.4 is 14.8 Å². The van der Waals surface area contributed by atoms with Crippen LogP contribution in [-0.2, 0) is 5.75 Å².